The van der Waals surface area contributed by atoms with Gasteiger partial charge in [0.1, 0.15) is 6.33 Å². The first-order valence-corrected chi connectivity index (χ1v) is 5.85. The molecule has 0 bridgehead atoms. The summed E-state index contributed by atoms with van der Waals surface area (Å²) in [6.45, 7) is 0. The molecule has 0 saturated heterocycles. The third-order valence-electron chi connectivity index (χ3n) is 3.05. The van der Waals surface area contributed by atoms with Crippen LogP contribution in [-0.2, 0) is 6.18 Å². The van der Waals surface area contributed by atoms with Crippen molar-refractivity contribution in [3.05, 3.63) is 54.4 Å². The fraction of sp³-hybridized carbons (Fsp3) is 0.0714. The molecule has 6 heteroatoms. The zero-order chi connectivity index (χ0) is 14.3. The van der Waals surface area contributed by atoms with Crippen molar-refractivity contribution in [1.82, 2.24) is 9.55 Å². The Morgan fingerprint density at radius 2 is 1.70 bits per heavy atom. The van der Waals surface area contributed by atoms with Gasteiger partial charge in [0.15, 0.2) is 0 Å². The fourth-order valence-corrected chi connectivity index (χ4v) is 2.03. The molecule has 20 heavy (non-hydrogen) atoms. The van der Waals surface area contributed by atoms with Gasteiger partial charge >= 0.3 is 6.18 Å². The number of imidazole rings is 1. The molecule has 0 fully saturated rings. The average molecular weight is 277 g/mol. The zero-order valence-corrected chi connectivity index (χ0v) is 10.2. The predicted octanol–water partition coefficient (Wildman–Crippen LogP) is 3.63. The summed E-state index contributed by atoms with van der Waals surface area (Å²) < 4.78 is 39.6. The summed E-state index contributed by atoms with van der Waals surface area (Å²) in [5.74, 6) is 0. The summed E-state index contributed by atoms with van der Waals surface area (Å²) in [7, 11) is 0. The van der Waals surface area contributed by atoms with Crippen LogP contribution in [-0.4, -0.2) is 9.55 Å². The summed E-state index contributed by atoms with van der Waals surface area (Å²) in [5.41, 5.74) is 7.24. The monoisotopic (exact) mass is 277 g/mol. The Hall–Kier alpha value is -2.50. The van der Waals surface area contributed by atoms with E-state index in [0.717, 1.165) is 17.8 Å². The maximum Gasteiger partial charge on any atom is 0.416 e. The molecule has 0 unspecified atom stereocenters. The first kappa shape index (κ1) is 12.5. The van der Waals surface area contributed by atoms with Gasteiger partial charge in [0, 0.05) is 11.4 Å². The van der Waals surface area contributed by atoms with E-state index in [2.05, 4.69) is 4.98 Å². The van der Waals surface area contributed by atoms with Crippen LogP contribution in [0.15, 0.2) is 48.8 Å². The number of hydrogen-bond donors (Lipinski definition) is 1. The largest absolute Gasteiger partial charge is 0.416 e. The van der Waals surface area contributed by atoms with E-state index >= 15 is 0 Å². The maximum atomic E-state index is 12.6. The quantitative estimate of drug-likeness (QED) is 0.690. The number of rotatable bonds is 1. The second kappa shape index (κ2) is 4.26. The summed E-state index contributed by atoms with van der Waals surface area (Å²) in [4.78, 5) is 4.02. The van der Waals surface area contributed by atoms with Crippen LogP contribution >= 0.6 is 0 Å². The van der Waals surface area contributed by atoms with Crippen molar-refractivity contribution in [2.75, 3.05) is 5.73 Å². The Labute approximate surface area is 112 Å². The summed E-state index contributed by atoms with van der Waals surface area (Å²) >= 11 is 0. The van der Waals surface area contributed by atoms with Crippen molar-refractivity contribution in [2.45, 2.75) is 6.18 Å². The number of alkyl halides is 3. The van der Waals surface area contributed by atoms with Gasteiger partial charge in [0.25, 0.3) is 0 Å². The molecule has 2 aromatic carbocycles. The zero-order valence-electron chi connectivity index (χ0n) is 10.2. The normalized spacial score (nSPS) is 11.9. The number of nitrogens with zero attached hydrogens (tertiary/aromatic N) is 2. The van der Waals surface area contributed by atoms with Crippen molar-refractivity contribution in [1.29, 1.82) is 0 Å². The molecule has 0 saturated carbocycles. The lowest BCUT2D eigenvalue weighted by atomic mass is 10.2. The van der Waals surface area contributed by atoms with Crippen molar-refractivity contribution in [3.63, 3.8) is 0 Å². The highest BCUT2D eigenvalue weighted by Crippen LogP contribution is 2.31. The lowest BCUT2D eigenvalue weighted by Gasteiger charge is -2.07. The van der Waals surface area contributed by atoms with Gasteiger partial charge in [-0.3, -0.25) is 4.57 Å². The SMILES string of the molecule is Nc1ccc(-n2cnc3cc(C(F)(F)F)ccc32)cc1. The van der Waals surface area contributed by atoms with E-state index in [1.54, 1.807) is 28.8 Å². The molecule has 3 nitrogen and oxygen atoms in total. The second-order valence-corrected chi connectivity index (χ2v) is 4.41. The molecular formula is C14H10F3N3. The summed E-state index contributed by atoms with van der Waals surface area (Å²) in [6.07, 6.45) is -2.87. The second-order valence-electron chi connectivity index (χ2n) is 4.41. The first-order chi connectivity index (χ1) is 9.45. The minimum atomic E-state index is -4.36. The molecule has 3 aromatic rings. The molecule has 0 spiro atoms. The van der Waals surface area contributed by atoms with Crippen molar-refractivity contribution in [3.8, 4) is 5.69 Å². The van der Waals surface area contributed by atoms with Crippen molar-refractivity contribution >= 4 is 16.7 Å². The van der Waals surface area contributed by atoms with Gasteiger partial charge < -0.3 is 5.73 Å². The van der Waals surface area contributed by atoms with Gasteiger partial charge in [0.2, 0.25) is 0 Å². The number of hydrogen-bond acceptors (Lipinski definition) is 2. The van der Waals surface area contributed by atoms with Crippen LogP contribution < -0.4 is 5.73 Å². The van der Waals surface area contributed by atoms with Crippen LogP contribution in [0.4, 0.5) is 18.9 Å². The smallest absolute Gasteiger partial charge is 0.399 e. The number of nitrogens with two attached hydrogens (primary N) is 1. The molecule has 0 aliphatic rings. The lowest BCUT2D eigenvalue weighted by molar-refractivity contribution is -0.137. The van der Waals surface area contributed by atoms with Gasteiger partial charge in [-0.15, -0.1) is 0 Å². The number of aromatic nitrogens is 2. The molecule has 0 radical (unpaired) electrons. The highest BCUT2D eigenvalue weighted by atomic mass is 19.4. The molecule has 1 heterocycles. The number of halogens is 3. The molecule has 0 atom stereocenters. The van der Waals surface area contributed by atoms with Gasteiger partial charge in [-0.2, -0.15) is 13.2 Å². The minimum Gasteiger partial charge on any atom is -0.399 e. The predicted molar refractivity (Wildman–Crippen MR) is 70.5 cm³/mol. The topological polar surface area (TPSA) is 43.8 Å². The van der Waals surface area contributed by atoms with E-state index in [1.807, 2.05) is 0 Å². The molecule has 0 aliphatic carbocycles. The highest BCUT2D eigenvalue weighted by Gasteiger charge is 2.30. The molecule has 0 amide bonds. The van der Waals surface area contributed by atoms with E-state index in [0.29, 0.717) is 16.7 Å². The highest BCUT2D eigenvalue weighted by molar-refractivity contribution is 5.78. The Balaban J connectivity index is 2.13. The average Bonchev–Trinajstić information content (AvgIpc) is 2.81. The Morgan fingerprint density at radius 1 is 1.00 bits per heavy atom. The number of nitrogen functional groups attached to an aromatic ring is 1. The summed E-state index contributed by atoms with van der Waals surface area (Å²) in [6, 6.07) is 10.5. The van der Waals surface area contributed by atoms with Crippen LogP contribution in [0.1, 0.15) is 5.56 Å². The Bertz CT molecular complexity index is 757. The lowest BCUT2D eigenvalue weighted by Crippen LogP contribution is -2.04. The fourth-order valence-electron chi connectivity index (χ4n) is 2.03. The molecule has 1 aromatic heterocycles. The first-order valence-electron chi connectivity index (χ1n) is 5.85. The minimum absolute atomic E-state index is 0.302. The van der Waals surface area contributed by atoms with Crippen LogP contribution in [0.5, 0.6) is 0 Å². The van der Waals surface area contributed by atoms with E-state index < -0.39 is 11.7 Å². The third kappa shape index (κ3) is 2.09. The number of anilines is 1. The van der Waals surface area contributed by atoms with Crippen LogP contribution in [0, 0.1) is 0 Å². The number of benzene rings is 2. The molecule has 0 aliphatic heterocycles. The summed E-state index contributed by atoms with van der Waals surface area (Å²) in [5, 5.41) is 0. The van der Waals surface area contributed by atoms with E-state index in [9.17, 15) is 13.2 Å². The van der Waals surface area contributed by atoms with Crippen molar-refractivity contribution in [2.24, 2.45) is 0 Å². The standard InChI is InChI=1S/C14H10F3N3/c15-14(16,17)9-1-6-13-12(7-9)19-8-20(13)11-4-2-10(18)3-5-11/h1-8H,18H2. The van der Waals surface area contributed by atoms with Gasteiger partial charge in [-0.1, -0.05) is 0 Å². The van der Waals surface area contributed by atoms with Crippen molar-refractivity contribution < 1.29 is 13.2 Å². The Morgan fingerprint density at radius 3 is 2.35 bits per heavy atom. The molecule has 3 rings (SSSR count). The van der Waals surface area contributed by atoms with E-state index in [4.69, 9.17) is 5.73 Å². The van der Waals surface area contributed by atoms with E-state index in [-0.39, 0.29) is 0 Å². The van der Waals surface area contributed by atoms with Crippen LogP contribution in [0.3, 0.4) is 0 Å². The molecular weight excluding hydrogens is 267 g/mol. The number of fused-ring (bicyclic) bond motifs is 1. The Kier molecular flexibility index (Phi) is 2.67. The van der Waals surface area contributed by atoms with E-state index in [1.165, 1.54) is 12.4 Å². The van der Waals surface area contributed by atoms with Gasteiger partial charge in [-0.25, -0.2) is 4.98 Å². The molecule has 2 N–H and O–H groups in total. The van der Waals surface area contributed by atoms with Crippen LogP contribution in [0.25, 0.3) is 16.7 Å². The third-order valence-corrected chi connectivity index (χ3v) is 3.05. The maximum absolute atomic E-state index is 12.6. The van der Waals surface area contributed by atoms with Gasteiger partial charge in [0.05, 0.1) is 16.6 Å². The van der Waals surface area contributed by atoms with Crippen LogP contribution in [0.2, 0.25) is 0 Å². The van der Waals surface area contributed by atoms with Gasteiger partial charge in [-0.05, 0) is 42.5 Å². The molecule has 102 valence electrons.